The summed E-state index contributed by atoms with van der Waals surface area (Å²) < 4.78 is 2.51. The van der Waals surface area contributed by atoms with Crippen molar-refractivity contribution in [2.24, 2.45) is 5.92 Å². The van der Waals surface area contributed by atoms with E-state index in [0.717, 1.165) is 12.5 Å². The zero-order valence-corrected chi connectivity index (χ0v) is 12.9. The van der Waals surface area contributed by atoms with Crippen LogP contribution >= 0.6 is 0 Å². The van der Waals surface area contributed by atoms with Crippen LogP contribution in [0.15, 0.2) is 12.5 Å². The van der Waals surface area contributed by atoms with Gasteiger partial charge in [0.15, 0.2) is 0 Å². The first kappa shape index (κ1) is 14.1. The molecule has 3 nitrogen and oxygen atoms in total. The lowest BCUT2D eigenvalue weighted by molar-refractivity contribution is 0.256. The molecule has 3 heteroatoms. The molecule has 0 radical (unpaired) electrons. The third kappa shape index (κ3) is 3.08. The molecule has 2 aliphatic rings. The molecule has 1 aromatic rings. The van der Waals surface area contributed by atoms with Gasteiger partial charge in [-0.15, -0.1) is 0 Å². The predicted molar refractivity (Wildman–Crippen MR) is 83.0 cm³/mol. The first-order valence-corrected chi connectivity index (χ1v) is 8.61. The molecule has 0 bridgehead atoms. The van der Waals surface area contributed by atoms with Crippen LogP contribution in [0.1, 0.15) is 75.9 Å². The van der Waals surface area contributed by atoms with Gasteiger partial charge in [-0.25, -0.2) is 4.98 Å². The van der Waals surface area contributed by atoms with Crippen LogP contribution in [0.5, 0.6) is 0 Å². The van der Waals surface area contributed by atoms with Crippen LogP contribution in [0.4, 0.5) is 0 Å². The molecular formula is C17H29N3. The first-order valence-electron chi connectivity index (χ1n) is 8.61. The molecule has 0 spiro atoms. The standard InChI is InChI=1S/C17H29N3/c1-2-4-14-6-8-16(9-7-14)20-13-19-12-17(20)15-5-3-10-18-11-15/h12-16,18H,2-11H2,1H3. The summed E-state index contributed by atoms with van der Waals surface area (Å²) in [5.74, 6) is 1.67. The molecule has 0 aromatic carbocycles. The number of aromatic nitrogens is 2. The molecule has 1 N–H and O–H groups in total. The highest BCUT2D eigenvalue weighted by Crippen LogP contribution is 2.36. The van der Waals surface area contributed by atoms with Gasteiger partial charge in [0.05, 0.1) is 6.33 Å². The zero-order valence-electron chi connectivity index (χ0n) is 12.9. The van der Waals surface area contributed by atoms with Crippen molar-refractivity contribution in [3.63, 3.8) is 0 Å². The summed E-state index contributed by atoms with van der Waals surface area (Å²) in [4.78, 5) is 4.46. The minimum Gasteiger partial charge on any atom is -0.331 e. The lowest BCUT2D eigenvalue weighted by Gasteiger charge is -2.32. The Labute approximate surface area is 123 Å². The Morgan fingerprint density at radius 2 is 2.10 bits per heavy atom. The highest BCUT2D eigenvalue weighted by atomic mass is 15.1. The minimum absolute atomic E-state index is 0.680. The SMILES string of the molecule is CCCC1CCC(n2cncc2C2CCCNC2)CC1. The van der Waals surface area contributed by atoms with Gasteiger partial charge in [0.1, 0.15) is 0 Å². The second-order valence-corrected chi connectivity index (χ2v) is 6.73. The molecule has 1 saturated carbocycles. The summed E-state index contributed by atoms with van der Waals surface area (Å²) in [6, 6.07) is 0.711. The highest BCUT2D eigenvalue weighted by molar-refractivity contribution is 5.10. The number of nitrogens with one attached hydrogen (secondary N) is 1. The largest absolute Gasteiger partial charge is 0.331 e. The van der Waals surface area contributed by atoms with Crippen LogP contribution in [0.2, 0.25) is 0 Å². The maximum absolute atomic E-state index is 4.46. The number of rotatable bonds is 4. The van der Waals surface area contributed by atoms with Gasteiger partial charge in [0.25, 0.3) is 0 Å². The summed E-state index contributed by atoms with van der Waals surface area (Å²) in [6.45, 7) is 4.64. The van der Waals surface area contributed by atoms with E-state index < -0.39 is 0 Å². The van der Waals surface area contributed by atoms with Crippen molar-refractivity contribution in [2.45, 2.75) is 70.3 Å². The molecule has 3 rings (SSSR count). The van der Waals surface area contributed by atoms with Gasteiger partial charge in [-0.2, -0.15) is 0 Å². The van der Waals surface area contributed by atoms with Gasteiger partial charge in [0, 0.05) is 30.4 Å². The normalized spacial score (nSPS) is 31.4. The van der Waals surface area contributed by atoms with E-state index in [-0.39, 0.29) is 0 Å². The second kappa shape index (κ2) is 6.75. The van der Waals surface area contributed by atoms with Gasteiger partial charge in [-0.3, -0.25) is 0 Å². The van der Waals surface area contributed by atoms with E-state index in [2.05, 4.69) is 34.3 Å². The quantitative estimate of drug-likeness (QED) is 0.903. The van der Waals surface area contributed by atoms with Crippen molar-refractivity contribution in [2.75, 3.05) is 13.1 Å². The number of nitrogens with zero attached hydrogens (tertiary/aromatic N) is 2. The Balaban J connectivity index is 1.64. The molecule has 1 aromatic heterocycles. The number of imidazole rings is 1. The van der Waals surface area contributed by atoms with E-state index in [0.29, 0.717) is 12.0 Å². The summed E-state index contributed by atoms with van der Waals surface area (Å²) in [5.41, 5.74) is 1.48. The molecule has 0 amide bonds. The van der Waals surface area contributed by atoms with E-state index in [1.54, 1.807) is 0 Å². The summed E-state index contributed by atoms with van der Waals surface area (Å²) in [6.07, 6.45) is 15.2. The number of piperidine rings is 1. The van der Waals surface area contributed by atoms with Gasteiger partial charge < -0.3 is 9.88 Å². The van der Waals surface area contributed by atoms with E-state index in [4.69, 9.17) is 0 Å². The van der Waals surface area contributed by atoms with Crippen LogP contribution < -0.4 is 5.32 Å². The van der Waals surface area contributed by atoms with E-state index in [1.165, 1.54) is 63.6 Å². The van der Waals surface area contributed by atoms with Crippen LogP contribution in [-0.2, 0) is 0 Å². The van der Waals surface area contributed by atoms with E-state index in [9.17, 15) is 0 Å². The fourth-order valence-electron chi connectivity index (χ4n) is 4.16. The van der Waals surface area contributed by atoms with Crippen molar-refractivity contribution >= 4 is 0 Å². The average Bonchev–Trinajstić information content (AvgIpc) is 2.99. The minimum atomic E-state index is 0.680. The van der Waals surface area contributed by atoms with Gasteiger partial charge in [-0.1, -0.05) is 19.8 Å². The van der Waals surface area contributed by atoms with E-state index >= 15 is 0 Å². The topological polar surface area (TPSA) is 29.9 Å². The Hall–Kier alpha value is -0.830. The highest BCUT2D eigenvalue weighted by Gasteiger charge is 2.26. The van der Waals surface area contributed by atoms with Crippen molar-refractivity contribution in [1.29, 1.82) is 0 Å². The molecule has 20 heavy (non-hydrogen) atoms. The summed E-state index contributed by atoms with van der Waals surface area (Å²) >= 11 is 0. The molecule has 1 atom stereocenters. The molecule has 2 fully saturated rings. The average molecular weight is 275 g/mol. The molecule has 1 saturated heterocycles. The molecule has 1 aliphatic heterocycles. The van der Waals surface area contributed by atoms with Crippen molar-refractivity contribution < 1.29 is 0 Å². The van der Waals surface area contributed by atoms with Crippen molar-refractivity contribution in [3.05, 3.63) is 18.2 Å². The van der Waals surface area contributed by atoms with Crippen molar-refractivity contribution in [3.8, 4) is 0 Å². The van der Waals surface area contributed by atoms with Crippen molar-refractivity contribution in [1.82, 2.24) is 14.9 Å². The number of hydrogen-bond acceptors (Lipinski definition) is 2. The second-order valence-electron chi connectivity index (χ2n) is 6.73. The monoisotopic (exact) mass is 275 g/mol. The molecule has 1 aliphatic carbocycles. The first-order chi connectivity index (χ1) is 9.88. The van der Waals surface area contributed by atoms with Crippen LogP contribution in [-0.4, -0.2) is 22.6 Å². The fourth-order valence-corrected chi connectivity index (χ4v) is 4.16. The predicted octanol–water partition coefficient (Wildman–Crippen LogP) is 3.88. The van der Waals surface area contributed by atoms with E-state index in [1.807, 2.05) is 0 Å². The zero-order chi connectivity index (χ0) is 13.8. The molecule has 112 valence electrons. The van der Waals surface area contributed by atoms with Crippen LogP contribution in [0, 0.1) is 5.92 Å². The third-order valence-corrected chi connectivity index (χ3v) is 5.32. The lowest BCUT2D eigenvalue weighted by atomic mass is 9.83. The van der Waals surface area contributed by atoms with Gasteiger partial charge >= 0.3 is 0 Å². The molecular weight excluding hydrogens is 246 g/mol. The summed E-state index contributed by atoms with van der Waals surface area (Å²) in [7, 11) is 0. The maximum atomic E-state index is 4.46. The van der Waals surface area contributed by atoms with Crippen LogP contribution in [0.3, 0.4) is 0 Å². The smallest absolute Gasteiger partial charge is 0.0950 e. The lowest BCUT2D eigenvalue weighted by Crippen LogP contribution is -2.30. The van der Waals surface area contributed by atoms with Crippen LogP contribution in [0.25, 0.3) is 0 Å². The van der Waals surface area contributed by atoms with Gasteiger partial charge in [0.2, 0.25) is 0 Å². The Kier molecular flexibility index (Phi) is 4.77. The Bertz CT molecular complexity index is 398. The van der Waals surface area contributed by atoms with Gasteiger partial charge in [-0.05, 0) is 51.0 Å². The molecule has 1 unspecified atom stereocenters. The number of hydrogen-bond donors (Lipinski definition) is 1. The molecule has 2 heterocycles. The summed E-state index contributed by atoms with van der Waals surface area (Å²) in [5, 5.41) is 3.54. The Morgan fingerprint density at radius 1 is 1.25 bits per heavy atom. The fraction of sp³-hybridized carbons (Fsp3) is 0.824. The Morgan fingerprint density at radius 3 is 2.80 bits per heavy atom. The third-order valence-electron chi connectivity index (χ3n) is 5.32. The maximum Gasteiger partial charge on any atom is 0.0950 e.